The van der Waals surface area contributed by atoms with Gasteiger partial charge in [-0.3, -0.25) is 10.1 Å². The van der Waals surface area contributed by atoms with Crippen LogP contribution in [0.5, 0.6) is 0 Å². The Kier molecular flexibility index (Phi) is 3.99. The fraction of sp³-hybridized carbons (Fsp3) is 0.562. The number of nitrogens with zero attached hydrogens (tertiary/aromatic N) is 1. The van der Waals surface area contributed by atoms with Gasteiger partial charge in [-0.05, 0) is 37.5 Å². The van der Waals surface area contributed by atoms with Crippen LogP contribution in [0.15, 0.2) is 24.3 Å². The Hall–Kier alpha value is -1.06. The quantitative estimate of drug-likeness (QED) is 0.905. The number of carbonyl (C=O) groups excluding carboxylic acids is 1. The van der Waals surface area contributed by atoms with Crippen molar-refractivity contribution in [2.24, 2.45) is 0 Å². The van der Waals surface area contributed by atoms with Crippen molar-refractivity contribution in [3.63, 3.8) is 0 Å². The molecule has 4 heteroatoms. The number of halogens is 1. The van der Waals surface area contributed by atoms with Crippen LogP contribution in [0.4, 0.5) is 0 Å². The van der Waals surface area contributed by atoms with Crippen LogP contribution in [-0.4, -0.2) is 22.9 Å². The average molecular weight is 293 g/mol. The van der Waals surface area contributed by atoms with Crippen LogP contribution >= 0.6 is 11.6 Å². The third-order valence-corrected chi connectivity index (χ3v) is 4.72. The third-order valence-electron chi connectivity index (χ3n) is 4.46. The van der Waals surface area contributed by atoms with Crippen molar-refractivity contribution in [2.45, 2.75) is 57.3 Å². The highest BCUT2D eigenvalue weighted by Gasteiger charge is 2.41. The van der Waals surface area contributed by atoms with Crippen LogP contribution in [0.3, 0.4) is 0 Å². The number of carbonyl (C=O) groups is 1. The molecule has 1 heterocycles. The standard InChI is InChI=1S/C16H21ClN2O/c1-11-16(20)19(14-5-3-2-4-6-14)15(18-11)12-7-9-13(17)10-8-12/h7-11,14-15,18H,2-6H2,1H3. The zero-order chi connectivity index (χ0) is 14.1. The molecule has 1 aliphatic carbocycles. The summed E-state index contributed by atoms with van der Waals surface area (Å²) in [6, 6.07) is 8.10. The minimum absolute atomic E-state index is 0.00198. The minimum atomic E-state index is -0.0994. The molecule has 1 amide bonds. The van der Waals surface area contributed by atoms with Crippen LogP contribution in [0.2, 0.25) is 5.02 Å². The summed E-state index contributed by atoms with van der Waals surface area (Å²) in [6.45, 7) is 1.95. The largest absolute Gasteiger partial charge is 0.319 e. The number of rotatable bonds is 2. The van der Waals surface area contributed by atoms with Crippen molar-refractivity contribution < 1.29 is 4.79 Å². The Balaban J connectivity index is 1.87. The lowest BCUT2D eigenvalue weighted by molar-refractivity contribution is -0.132. The Morgan fingerprint density at radius 3 is 2.45 bits per heavy atom. The van der Waals surface area contributed by atoms with Crippen LogP contribution in [0, 0.1) is 0 Å². The normalized spacial score (nSPS) is 28.1. The van der Waals surface area contributed by atoms with E-state index in [-0.39, 0.29) is 18.1 Å². The summed E-state index contributed by atoms with van der Waals surface area (Å²) in [5.74, 6) is 0.233. The third kappa shape index (κ3) is 2.57. The monoisotopic (exact) mass is 292 g/mol. The number of hydrogen-bond acceptors (Lipinski definition) is 2. The van der Waals surface area contributed by atoms with Crippen molar-refractivity contribution in [2.75, 3.05) is 0 Å². The van der Waals surface area contributed by atoms with Gasteiger partial charge in [-0.15, -0.1) is 0 Å². The predicted molar refractivity (Wildman–Crippen MR) is 80.5 cm³/mol. The fourth-order valence-corrected chi connectivity index (χ4v) is 3.52. The lowest BCUT2D eigenvalue weighted by Crippen LogP contribution is -2.41. The molecular formula is C16H21ClN2O. The van der Waals surface area contributed by atoms with E-state index >= 15 is 0 Å². The predicted octanol–water partition coefficient (Wildman–Crippen LogP) is 3.49. The Labute approximate surface area is 125 Å². The molecule has 0 bridgehead atoms. The molecule has 1 N–H and O–H groups in total. The van der Waals surface area contributed by atoms with Crippen LogP contribution in [-0.2, 0) is 4.79 Å². The molecule has 108 valence electrons. The van der Waals surface area contributed by atoms with Gasteiger partial charge in [0.25, 0.3) is 0 Å². The number of nitrogens with one attached hydrogen (secondary N) is 1. The van der Waals surface area contributed by atoms with E-state index in [1.54, 1.807) is 0 Å². The zero-order valence-corrected chi connectivity index (χ0v) is 12.6. The second-order valence-corrected chi connectivity index (χ2v) is 6.32. The van der Waals surface area contributed by atoms with Gasteiger partial charge in [-0.1, -0.05) is 43.0 Å². The van der Waals surface area contributed by atoms with E-state index in [0.717, 1.165) is 23.4 Å². The van der Waals surface area contributed by atoms with Gasteiger partial charge in [-0.2, -0.15) is 0 Å². The van der Waals surface area contributed by atoms with Crippen LogP contribution in [0.25, 0.3) is 0 Å². The molecule has 2 aliphatic rings. The van der Waals surface area contributed by atoms with E-state index in [9.17, 15) is 4.79 Å². The second-order valence-electron chi connectivity index (χ2n) is 5.88. The summed E-state index contributed by atoms with van der Waals surface area (Å²) in [5.41, 5.74) is 1.12. The van der Waals surface area contributed by atoms with E-state index in [1.807, 2.05) is 31.2 Å². The fourth-order valence-electron chi connectivity index (χ4n) is 3.39. The number of hydrogen-bond donors (Lipinski definition) is 1. The maximum absolute atomic E-state index is 12.5. The van der Waals surface area contributed by atoms with E-state index < -0.39 is 0 Å². The molecule has 1 saturated heterocycles. The second kappa shape index (κ2) is 5.74. The molecule has 1 aromatic rings. The topological polar surface area (TPSA) is 32.3 Å². The molecule has 0 spiro atoms. The van der Waals surface area contributed by atoms with E-state index in [4.69, 9.17) is 11.6 Å². The molecule has 0 aromatic heterocycles. The average Bonchev–Trinajstić information content (AvgIpc) is 2.77. The lowest BCUT2D eigenvalue weighted by atomic mass is 9.93. The summed E-state index contributed by atoms with van der Waals surface area (Å²) in [4.78, 5) is 14.6. The first-order valence-corrected chi connectivity index (χ1v) is 7.88. The number of benzene rings is 1. The van der Waals surface area contributed by atoms with Gasteiger partial charge in [0, 0.05) is 11.1 Å². The summed E-state index contributed by atoms with van der Waals surface area (Å²) < 4.78 is 0. The van der Waals surface area contributed by atoms with Crippen molar-refractivity contribution in [1.82, 2.24) is 10.2 Å². The molecule has 2 atom stereocenters. The summed E-state index contributed by atoms with van der Waals surface area (Å²) >= 11 is 5.96. The van der Waals surface area contributed by atoms with Gasteiger partial charge in [0.1, 0.15) is 6.17 Å². The SMILES string of the molecule is CC1NC(c2ccc(Cl)cc2)N(C2CCCCC2)C1=O. The molecular weight excluding hydrogens is 272 g/mol. The molecule has 3 nitrogen and oxygen atoms in total. The zero-order valence-electron chi connectivity index (χ0n) is 11.8. The lowest BCUT2D eigenvalue weighted by Gasteiger charge is -2.35. The molecule has 2 unspecified atom stereocenters. The highest BCUT2D eigenvalue weighted by molar-refractivity contribution is 6.30. The van der Waals surface area contributed by atoms with Gasteiger partial charge in [0.05, 0.1) is 6.04 Å². The Morgan fingerprint density at radius 1 is 1.15 bits per heavy atom. The first-order valence-electron chi connectivity index (χ1n) is 7.50. The van der Waals surface area contributed by atoms with Gasteiger partial charge in [-0.25, -0.2) is 0 Å². The minimum Gasteiger partial charge on any atom is -0.319 e. The van der Waals surface area contributed by atoms with Crippen molar-refractivity contribution in [3.8, 4) is 0 Å². The molecule has 0 radical (unpaired) electrons. The molecule has 1 aliphatic heterocycles. The Morgan fingerprint density at radius 2 is 1.80 bits per heavy atom. The maximum atomic E-state index is 12.5. The van der Waals surface area contributed by atoms with E-state index in [1.165, 1.54) is 19.3 Å². The molecule has 3 rings (SSSR count). The highest BCUT2D eigenvalue weighted by atomic mass is 35.5. The number of amides is 1. The molecule has 2 fully saturated rings. The summed E-state index contributed by atoms with van der Waals surface area (Å²) in [6.07, 6.45) is 6.02. The van der Waals surface area contributed by atoms with Crippen molar-refractivity contribution in [1.29, 1.82) is 0 Å². The molecule has 1 saturated carbocycles. The summed E-state index contributed by atoms with van der Waals surface area (Å²) in [7, 11) is 0. The first kappa shape index (κ1) is 13.9. The highest BCUT2D eigenvalue weighted by Crippen LogP contribution is 2.33. The Bertz CT molecular complexity index is 482. The van der Waals surface area contributed by atoms with E-state index in [0.29, 0.717) is 6.04 Å². The maximum Gasteiger partial charge on any atom is 0.241 e. The van der Waals surface area contributed by atoms with Gasteiger partial charge in [0.2, 0.25) is 5.91 Å². The van der Waals surface area contributed by atoms with Gasteiger partial charge in [0.15, 0.2) is 0 Å². The van der Waals surface area contributed by atoms with E-state index in [2.05, 4.69) is 10.2 Å². The van der Waals surface area contributed by atoms with Gasteiger partial charge >= 0.3 is 0 Å². The van der Waals surface area contributed by atoms with Crippen molar-refractivity contribution >= 4 is 17.5 Å². The van der Waals surface area contributed by atoms with Crippen LogP contribution < -0.4 is 5.32 Å². The summed E-state index contributed by atoms with van der Waals surface area (Å²) in [5, 5.41) is 4.15. The molecule has 1 aromatic carbocycles. The molecule has 20 heavy (non-hydrogen) atoms. The van der Waals surface area contributed by atoms with Crippen molar-refractivity contribution in [3.05, 3.63) is 34.9 Å². The van der Waals surface area contributed by atoms with Gasteiger partial charge < -0.3 is 4.90 Å². The smallest absolute Gasteiger partial charge is 0.241 e. The first-order chi connectivity index (χ1) is 9.66. The van der Waals surface area contributed by atoms with Crippen LogP contribution in [0.1, 0.15) is 50.8 Å².